The highest BCUT2D eigenvalue weighted by atomic mass is 16.5. The fourth-order valence-electron chi connectivity index (χ4n) is 3.28. The molecular formula is C21H31N3O3. The van der Waals surface area contributed by atoms with Crippen LogP contribution in [0, 0.1) is 0 Å². The van der Waals surface area contributed by atoms with Crippen LogP contribution in [0.25, 0.3) is 0 Å². The van der Waals surface area contributed by atoms with Gasteiger partial charge in [0.15, 0.2) is 0 Å². The van der Waals surface area contributed by atoms with Crippen LogP contribution in [0.5, 0.6) is 0 Å². The summed E-state index contributed by atoms with van der Waals surface area (Å²) in [5.41, 5.74) is 2.98. The number of nitrogens with zero attached hydrogens (tertiary/aromatic N) is 1. The van der Waals surface area contributed by atoms with Gasteiger partial charge in [-0.05, 0) is 44.9 Å². The molecule has 0 bridgehead atoms. The van der Waals surface area contributed by atoms with Gasteiger partial charge in [0.05, 0.1) is 18.2 Å². The van der Waals surface area contributed by atoms with Gasteiger partial charge in [-0.3, -0.25) is 0 Å². The predicted octanol–water partition coefficient (Wildman–Crippen LogP) is 3.89. The van der Waals surface area contributed by atoms with E-state index in [0.29, 0.717) is 17.9 Å². The van der Waals surface area contributed by atoms with Crippen LogP contribution in [0.15, 0.2) is 35.5 Å². The maximum Gasteiger partial charge on any atom is 0.338 e. The number of unbranched alkanes of at least 4 members (excludes halogenated alkanes) is 2. The number of hydrogen-bond acceptors (Lipinski definition) is 4. The zero-order valence-corrected chi connectivity index (χ0v) is 16.8. The van der Waals surface area contributed by atoms with Crippen molar-refractivity contribution in [1.29, 1.82) is 0 Å². The smallest absolute Gasteiger partial charge is 0.338 e. The first-order chi connectivity index (χ1) is 13.0. The molecule has 1 atom stereocenters. The number of nitrogens with one attached hydrogen (secondary N) is 2. The van der Waals surface area contributed by atoms with Gasteiger partial charge in [-0.1, -0.05) is 31.9 Å². The van der Waals surface area contributed by atoms with Gasteiger partial charge in [-0.25, -0.2) is 9.59 Å². The van der Waals surface area contributed by atoms with Crippen molar-refractivity contribution in [1.82, 2.24) is 10.6 Å². The number of hydrogen-bond donors (Lipinski definition) is 2. The van der Waals surface area contributed by atoms with Crippen LogP contribution < -0.4 is 15.5 Å². The van der Waals surface area contributed by atoms with E-state index in [2.05, 4.69) is 36.3 Å². The number of carbonyl (C=O) groups is 2. The minimum Gasteiger partial charge on any atom is -0.462 e. The second-order valence-electron chi connectivity index (χ2n) is 6.68. The fourth-order valence-corrected chi connectivity index (χ4v) is 3.28. The average Bonchev–Trinajstić information content (AvgIpc) is 2.66. The molecule has 1 aromatic rings. The number of carbonyl (C=O) groups excluding carboxylic acids is 2. The van der Waals surface area contributed by atoms with Crippen molar-refractivity contribution in [3.05, 3.63) is 41.1 Å². The molecule has 2 N–H and O–H groups in total. The molecular weight excluding hydrogens is 342 g/mol. The van der Waals surface area contributed by atoms with Crippen molar-refractivity contribution in [2.75, 3.05) is 24.6 Å². The van der Waals surface area contributed by atoms with E-state index in [-0.39, 0.29) is 12.0 Å². The van der Waals surface area contributed by atoms with Crippen LogP contribution >= 0.6 is 0 Å². The second-order valence-corrected chi connectivity index (χ2v) is 6.68. The highest BCUT2D eigenvalue weighted by molar-refractivity contribution is 5.95. The van der Waals surface area contributed by atoms with Crippen molar-refractivity contribution < 1.29 is 14.3 Å². The molecule has 0 spiro atoms. The normalized spacial score (nSPS) is 16.6. The molecule has 2 rings (SSSR count). The van der Waals surface area contributed by atoms with Gasteiger partial charge >= 0.3 is 12.0 Å². The van der Waals surface area contributed by atoms with Crippen LogP contribution in [-0.2, 0) is 9.53 Å². The number of allylic oxidation sites excluding steroid dienone is 1. The van der Waals surface area contributed by atoms with Gasteiger partial charge in [0.25, 0.3) is 0 Å². The number of rotatable bonds is 9. The number of urea groups is 1. The van der Waals surface area contributed by atoms with Gasteiger partial charge in [0.2, 0.25) is 0 Å². The van der Waals surface area contributed by atoms with Crippen LogP contribution in [0.4, 0.5) is 10.5 Å². The molecule has 1 heterocycles. The number of ether oxygens (including phenoxy) is 1. The number of anilines is 1. The lowest BCUT2D eigenvalue weighted by atomic mass is 9.95. The summed E-state index contributed by atoms with van der Waals surface area (Å²) in [6.07, 6.45) is 2.94. The van der Waals surface area contributed by atoms with E-state index in [1.54, 1.807) is 6.92 Å². The Balaban J connectivity index is 2.22. The number of esters is 1. The topological polar surface area (TPSA) is 70.7 Å². The SMILES string of the molecule is CCCCCOC(=O)C1=C(C)NC(=O)NC1c1ccc(N(CC)CC)cc1. The molecule has 0 saturated carbocycles. The molecule has 1 aliphatic heterocycles. The third-order valence-corrected chi connectivity index (χ3v) is 4.83. The predicted molar refractivity (Wildman–Crippen MR) is 108 cm³/mol. The molecule has 6 heteroatoms. The Morgan fingerprint density at radius 2 is 1.78 bits per heavy atom. The van der Waals surface area contributed by atoms with E-state index in [9.17, 15) is 9.59 Å². The molecule has 0 saturated heterocycles. The first-order valence-corrected chi connectivity index (χ1v) is 9.82. The summed E-state index contributed by atoms with van der Waals surface area (Å²) < 4.78 is 5.44. The Hall–Kier alpha value is -2.50. The molecule has 1 unspecified atom stereocenters. The van der Waals surface area contributed by atoms with Gasteiger partial charge in [-0.2, -0.15) is 0 Å². The average molecular weight is 373 g/mol. The minimum absolute atomic E-state index is 0.312. The van der Waals surface area contributed by atoms with Crippen LogP contribution in [0.3, 0.4) is 0 Å². The van der Waals surface area contributed by atoms with Crippen molar-refractivity contribution in [3.8, 4) is 0 Å². The van der Waals surface area contributed by atoms with Crippen molar-refractivity contribution in [2.24, 2.45) is 0 Å². The van der Waals surface area contributed by atoms with Crippen molar-refractivity contribution in [2.45, 2.75) is 53.0 Å². The summed E-state index contributed by atoms with van der Waals surface area (Å²) >= 11 is 0. The van der Waals surface area contributed by atoms with Gasteiger partial charge in [-0.15, -0.1) is 0 Å². The molecule has 0 radical (unpaired) electrons. The van der Waals surface area contributed by atoms with Crippen LogP contribution in [0.1, 0.15) is 58.6 Å². The minimum atomic E-state index is -0.511. The molecule has 1 aromatic carbocycles. The third-order valence-electron chi connectivity index (χ3n) is 4.83. The fraction of sp³-hybridized carbons (Fsp3) is 0.524. The van der Waals surface area contributed by atoms with E-state index >= 15 is 0 Å². The second kappa shape index (κ2) is 10.00. The highest BCUT2D eigenvalue weighted by Crippen LogP contribution is 2.29. The first kappa shape index (κ1) is 20.8. The van der Waals surface area contributed by atoms with Gasteiger partial charge in [0, 0.05) is 24.5 Å². The summed E-state index contributed by atoms with van der Waals surface area (Å²) in [6, 6.07) is 7.14. The summed E-state index contributed by atoms with van der Waals surface area (Å²) in [5, 5.41) is 5.53. The Bertz CT molecular complexity index is 678. The Kier molecular flexibility index (Phi) is 7.70. The molecule has 6 nitrogen and oxygen atoms in total. The Morgan fingerprint density at radius 3 is 2.37 bits per heavy atom. The van der Waals surface area contributed by atoms with Gasteiger partial charge < -0.3 is 20.3 Å². The largest absolute Gasteiger partial charge is 0.462 e. The Labute approximate surface area is 162 Å². The maximum atomic E-state index is 12.7. The van der Waals surface area contributed by atoms with Crippen LogP contribution in [-0.4, -0.2) is 31.7 Å². The van der Waals surface area contributed by atoms with E-state index < -0.39 is 6.04 Å². The lowest BCUT2D eigenvalue weighted by Gasteiger charge is -2.29. The van der Waals surface area contributed by atoms with E-state index in [4.69, 9.17) is 4.74 Å². The summed E-state index contributed by atoms with van der Waals surface area (Å²) in [7, 11) is 0. The van der Waals surface area contributed by atoms with Crippen molar-refractivity contribution >= 4 is 17.7 Å². The molecule has 148 valence electrons. The zero-order valence-electron chi connectivity index (χ0n) is 16.8. The summed E-state index contributed by atoms with van der Waals surface area (Å²) in [5.74, 6) is -0.381. The lowest BCUT2D eigenvalue weighted by Crippen LogP contribution is -2.45. The molecule has 2 amide bonds. The molecule has 0 fully saturated rings. The Morgan fingerprint density at radius 1 is 1.11 bits per heavy atom. The molecule has 27 heavy (non-hydrogen) atoms. The number of benzene rings is 1. The van der Waals surface area contributed by atoms with E-state index in [0.717, 1.165) is 43.6 Å². The number of amides is 2. The summed E-state index contributed by atoms with van der Waals surface area (Å²) in [6.45, 7) is 10.3. The standard InChI is InChI=1S/C21H31N3O3/c1-5-8-9-14-27-20(25)18-15(4)22-21(26)23-19(18)16-10-12-17(13-11-16)24(6-2)7-3/h10-13,19H,5-9,14H2,1-4H3,(H2,22,23,26). The van der Waals surface area contributed by atoms with Gasteiger partial charge in [0.1, 0.15) is 0 Å². The summed E-state index contributed by atoms with van der Waals surface area (Å²) in [4.78, 5) is 26.9. The first-order valence-electron chi connectivity index (χ1n) is 9.82. The van der Waals surface area contributed by atoms with Crippen LogP contribution in [0.2, 0.25) is 0 Å². The van der Waals surface area contributed by atoms with E-state index in [1.807, 2.05) is 24.3 Å². The third kappa shape index (κ3) is 5.25. The lowest BCUT2D eigenvalue weighted by molar-refractivity contribution is -0.139. The molecule has 0 aliphatic carbocycles. The quantitative estimate of drug-likeness (QED) is 0.509. The molecule has 1 aliphatic rings. The van der Waals surface area contributed by atoms with Crippen molar-refractivity contribution in [3.63, 3.8) is 0 Å². The highest BCUT2D eigenvalue weighted by Gasteiger charge is 2.32. The monoisotopic (exact) mass is 373 g/mol. The molecule has 0 aromatic heterocycles. The maximum absolute atomic E-state index is 12.7. The van der Waals surface area contributed by atoms with E-state index in [1.165, 1.54) is 0 Å². The zero-order chi connectivity index (χ0) is 19.8.